The number of hydrogen-bond donors (Lipinski definition) is 0. The molecule has 0 aromatic heterocycles. The van der Waals surface area contributed by atoms with Crippen molar-refractivity contribution < 1.29 is 14.3 Å². The third-order valence-corrected chi connectivity index (χ3v) is 3.89. The number of ether oxygens (including phenoxy) is 1. The largest absolute Gasteiger partial charge is 0.466 e. The van der Waals surface area contributed by atoms with Crippen LogP contribution < -0.4 is 4.90 Å². The average molecular weight is 333 g/mol. The van der Waals surface area contributed by atoms with E-state index in [0.717, 1.165) is 44.3 Å². The highest BCUT2D eigenvalue weighted by molar-refractivity contribution is 5.93. The Kier molecular flexibility index (Phi) is 10.6. The lowest BCUT2D eigenvalue weighted by Crippen LogP contribution is -2.31. The first-order valence-electron chi connectivity index (χ1n) is 9.20. The number of unbranched alkanes of at least 4 members (excludes halogenated alkanes) is 3. The second kappa shape index (κ2) is 12.6. The van der Waals surface area contributed by atoms with Gasteiger partial charge in [-0.25, -0.2) is 0 Å². The van der Waals surface area contributed by atoms with Crippen LogP contribution in [-0.4, -0.2) is 25.0 Å². The Labute approximate surface area is 146 Å². The van der Waals surface area contributed by atoms with Crippen molar-refractivity contribution in [3.63, 3.8) is 0 Å². The molecule has 1 aromatic rings. The molecule has 0 N–H and O–H groups in total. The summed E-state index contributed by atoms with van der Waals surface area (Å²) in [6.07, 6.45) is 6.35. The molecule has 134 valence electrons. The van der Waals surface area contributed by atoms with Gasteiger partial charge in [0.1, 0.15) is 0 Å². The predicted octanol–water partition coefficient (Wildman–Crippen LogP) is 4.72. The molecule has 0 fully saturated rings. The van der Waals surface area contributed by atoms with Gasteiger partial charge < -0.3 is 9.64 Å². The van der Waals surface area contributed by atoms with Crippen molar-refractivity contribution in [2.24, 2.45) is 0 Å². The van der Waals surface area contributed by atoms with Crippen molar-refractivity contribution in [2.75, 3.05) is 18.1 Å². The Hall–Kier alpha value is -1.84. The minimum Gasteiger partial charge on any atom is -0.466 e. The van der Waals surface area contributed by atoms with Crippen LogP contribution >= 0.6 is 0 Å². The molecule has 0 radical (unpaired) electrons. The summed E-state index contributed by atoms with van der Waals surface area (Å²) in [7, 11) is 0. The van der Waals surface area contributed by atoms with Gasteiger partial charge in [-0.05, 0) is 31.4 Å². The topological polar surface area (TPSA) is 46.6 Å². The van der Waals surface area contributed by atoms with Crippen molar-refractivity contribution in [1.82, 2.24) is 0 Å². The molecule has 0 saturated carbocycles. The molecule has 4 heteroatoms. The van der Waals surface area contributed by atoms with Crippen LogP contribution in [0.2, 0.25) is 0 Å². The molecule has 0 saturated heterocycles. The molecule has 0 unspecified atom stereocenters. The normalized spacial score (nSPS) is 10.4. The number of amides is 1. The van der Waals surface area contributed by atoms with E-state index in [2.05, 4.69) is 13.8 Å². The lowest BCUT2D eigenvalue weighted by molar-refractivity contribution is -0.143. The fourth-order valence-electron chi connectivity index (χ4n) is 2.45. The minimum absolute atomic E-state index is 0.0773. The molecule has 0 spiro atoms. The van der Waals surface area contributed by atoms with Crippen molar-refractivity contribution in [1.29, 1.82) is 0 Å². The number of rotatable bonds is 12. The Morgan fingerprint density at radius 1 is 0.917 bits per heavy atom. The van der Waals surface area contributed by atoms with E-state index >= 15 is 0 Å². The number of benzene rings is 1. The van der Waals surface area contributed by atoms with Gasteiger partial charge in [0, 0.05) is 25.1 Å². The maximum absolute atomic E-state index is 12.5. The number of hydrogen-bond acceptors (Lipinski definition) is 3. The monoisotopic (exact) mass is 333 g/mol. The molecule has 1 rings (SSSR count). The van der Waals surface area contributed by atoms with E-state index in [4.69, 9.17) is 4.74 Å². The van der Waals surface area contributed by atoms with Crippen LogP contribution in [0.15, 0.2) is 30.3 Å². The van der Waals surface area contributed by atoms with Crippen molar-refractivity contribution in [3.8, 4) is 0 Å². The lowest BCUT2D eigenvalue weighted by Gasteiger charge is -2.22. The van der Waals surface area contributed by atoms with Crippen LogP contribution in [-0.2, 0) is 14.3 Å². The number of esters is 1. The van der Waals surface area contributed by atoms with Gasteiger partial charge in [-0.15, -0.1) is 0 Å². The fourth-order valence-corrected chi connectivity index (χ4v) is 2.45. The smallest absolute Gasteiger partial charge is 0.305 e. The molecule has 0 bridgehead atoms. The van der Waals surface area contributed by atoms with Gasteiger partial charge in [0.05, 0.1) is 6.61 Å². The van der Waals surface area contributed by atoms with Gasteiger partial charge >= 0.3 is 5.97 Å². The Balaban J connectivity index is 2.38. The summed E-state index contributed by atoms with van der Waals surface area (Å²) in [6.45, 7) is 5.45. The SMILES string of the molecule is CCCCCOC(=O)CCCC(=O)N(CCCC)c1ccccc1. The lowest BCUT2D eigenvalue weighted by atomic mass is 10.2. The van der Waals surface area contributed by atoms with Gasteiger partial charge in [0.15, 0.2) is 0 Å². The molecule has 0 atom stereocenters. The molecule has 0 aliphatic carbocycles. The second-order valence-electron chi connectivity index (χ2n) is 6.02. The number of nitrogens with zero attached hydrogens (tertiary/aromatic N) is 1. The highest BCUT2D eigenvalue weighted by Gasteiger charge is 2.15. The van der Waals surface area contributed by atoms with E-state index < -0.39 is 0 Å². The zero-order chi connectivity index (χ0) is 17.6. The third-order valence-electron chi connectivity index (χ3n) is 3.89. The fraction of sp³-hybridized carbons (Fsp3) is 0.600. The van der Waals surface area contributed by atoms with Gasteiger partial charge in [0.2, 0.25) is 5.91 Å². The highest BCUT2D eigenvalue weighted by atomic mass is 16.5. The van der Waals surface area contributed by atoms with E-state index in [9.17, 15) is 9.59 Å². The maximum atomic E-state index is 12.5. The summed E-state index contributed by atoms with van der Waals surface area (Å²) in [5, 5.41) is 0. The van der Waals surface area contributed by atoms with Gasteiger partial charge in [-0.1, -0.05) is 51.3 Å². The number of anilines is 1. The van der Waals surface area contributed by atoms with E-state index in [1.165, 1.54) is 0 Å². The van der Waals surface area contributed by atoms with Crippen LogP contribution in [0.3, 0.4) is 0 Å². The first-order valence-corrected chi connectivity index (χ1v) is 9.20. The first-order chi connectivity index (χ1) is 11.7. The molecule has 4 nitrogen and oxygen atoms in total. The predicted molar refractivity (Wildman–Crippen MR) is 98.0 cm³/mol. The van der Waals surface area contributed by atoms with Crippen LogP contribution in [0.25, 0.3) is 0 Å². The van der Waals surface area contributed by atoms with Crippen molar-refractivity contribution in [3.05, 3.63) is 30.3 Å². The van der Waals surface area contributed by atoms with E-state index in [0.29, 0.717) is 25.9 Å². The maximum Gasteiger partial charge on any atom is 0.305 e. The van der Waals surface area contributed by atoms with Crippen LogP contribution in [0.5, 0.6) is 0 Å². The number of carbonyl (C=O) groups excluding carboxylic acids is 2. The highest BCUT2D eigenvalue weighted by Crippen LogP contribution is 2.16. The summed E-state index contributed by atoms with van der Waals surface area (Å²) in [5.41, 5.74) is 0.929. The van der Waals surface area contributed by atoms with Crippen molar-refractivity contribution >= 4 is 17.6 Å². The van der Waals surface area contributed by atoms with Gasteiger partial charge in [0.25, 0.3) is 0 Å². The van der Waals surface area contributed by atoms with Crippen LogP contribution in [0.1, 0.15) is 65.2 Å². The second-order valence-corrected chi connectivity index (χ2v) is 6.02. The molecule has 1 amide bonds. The molecule has 0 aliphatic rings. The first kappa shape index (κ1) is 20.2. The molecule has 0 aliphatic heterocycles. The van der Waals surface area contributed by atoms with E-state index in [-0.39, 0.29) is 11.9 Å². The summed E-state index contributed by atoms with van der Waals surface area (Å²) < 4.78 is 5.17. The van der Waals surface area contributed by atoms with E-state index in [1.807, 2.05) is 35.2 Å². The average Bonchev–Trinajstić information content (AvgIpc) is 2.60. The van der Waals surface area contributed by atoms with Gasteiger partial charge in [-0.3, -0.25) is 9.59 Å². The zero-order valence-corrected chi connectivity index (χ0v) is 15.1. The Morgan fingerprint density at radius 2 is 1.62 bits per heavy atom. The number of para-hydroxylation sites is 1. The van der Waals surface area contributed by atoms with Gasteiger partial charge in [-0.2, -0.15) is 0 Å². The number of carbonyl (C=O) groups is 2. The zero-order valence-electron chi connectivity index (χ0n) is 15.1. The Bertz CT molecular complexity index is 473. The molecule has 0 heterocycles. The van der Waals surface area contributed by atoms with Crippen LogP contribution in [0, 0.1) is 0 Å². The quantitative estimate of drug-likeness (QED) is 0.410. The molecular formula is C20H31NO3. The Morgan fingerprint density at radius 3 is 2.29 bits per heavy atom. The summed E-state index contributed by atoms with van der Waals surface area (Å²) in [5.74, 6) is -0.118. The molecular weight excluding hydrogens is 302 g/mol. The summed E-state index contributed by atoms with van der Waals surface area (Å²) >= 11 is 0. The van der Waals surface area contributed by atoms with E-state index in [1.54, 1.807) is 0 Å². The molecule has 1 aromatic carbocycles. The van der Waals surface area contributed by atoms with Crippen LogP contribution in [0.4, 0.5) is 5.69 Å². The third kappa shape index (κ3) is 8.14. The summed E-state index contributed by atoms with van der Waals surface area (Å²) in [6, 6.07) is 9.73. The van der Waals surface area contributed by atoms with Crippen molar-refractivity contribution in [2.45, 2.75) is 65.2 Å². The standard InChI is InChI=1S/C20H31NO3/c1-3-5-10-17-24-20(23)15-11-14-19(22)21(16-6-4-2)18-12-8-7-9-13-18/h7-9,12-13H,3-6,10-11,14-17H2,1-2H3. The summed E-state index contributed by atoms with van der Waals surface area (Å²) in [4.78, 5) is 26.0. The molecule has 24 heavy (non-hydrogen) atoms. The minimum atomic E-state index is -0.196.